The fraction of sp³-hybridized carbons (Fsp3) is 0.556. The molecule has 1 saturated heterocycles. The Morgan fingerprint density at radius 1 is 1.29 bits per heavy atom. The van der Waals surface area contributed by atoms with Crippen LogP contribution in [0.2, 0.25) is 0 Å². The van der Waals surface area contributed by atoms with Crippen molar-refractivity contribution in [1.82, 2.24) is 10.2 Å². The molecule has 0 spiro atoms. The van der Waals surface area contributed by atoms with Crippen LogP contribution in [0.25, 0.3) is 0 Å². The lowest BCUT2D eigenvalue weighted by Crippen LogP contribution is -2.40. The molecule has 6 nitrogen and oxygen atoms in total. The normalized spacial score (nSPS) is 20.2. The molecule has 0 saturated carbocycles. The topological polar surface area (TPSA) is 67.9 Å². The predicted molar refractivity (Wildman–Crippen MR) is 89.2 cm³/mol. The van der Waals surface area contributed by atoms with Gasteiger partial charge in [-0.2, -0.15) is 0 Å². The molecule has 1 aromatic carbocycles. The van der Waals surface area contributed by atoms with Crippen molar-refractivity contribution >= 4 is 11.8 Å². The van der Waals surface area contributed by atoms with Crippen LogP contribution in [-0.2, 0) is 15.0 Å². The molecule has 0 aromatic heterocycles. The summed E-state index contributed by atoms with van der Waals surface area (Å²) in [5.41, 5.74) is 0.826. The van der Waals surface area contributed by atoms with Crippen molar-refractivity contribution in [1.29, 1.82) is 0 Å². The summed E-state index contributed by atoms with van der Waals surface area (Å²) < 4.78 is 11.2. The second-order valence-electron chi connectivity index (χ2n) is 7.14. The number of nitrogens with one attached hydrogen (secondary N) is 1. The van der Waals surface area contributed by atoms with E-state index in [1.54, 1.807) is 11.9 Å². The molecule has 2 aliphatic heterocycles. The van der Waals surface area contributed by atoms with Gasteiger partial charge >= 0.3 is 0 Å². The highest BCUT2D eigenvalue weighted by Crippen LogP contribution is 2.35. The number of rotatable bonds is 4. The van der Waals surface area contributed by atoms with Gasteiger partial charge in [0.1, 0.15) is 13.2 Å². The average Bonchev–Trinajstić information content (AvgIpc) is 2.91. The fourth-order valence-electron chi connectivity index (χ4n) is 3.06. The number of amides is 2. The summed E-state index contributed by atoms with van der Waals surface area (Å²) in [6, 6.07) is 5.90. The second-order valence-corrected chi connectivity index (χ2v) is 7.14. The zero-order valence-corrected chi connectivity index (χ0v) is 14.4. The van der Waals surface area contributed by atoms with E-state index in [1.165, 1.54) is 0 Å². The number of hydrogen-bond acceptors (Lipinski definition) is 4. The van der Waals surface area contributed by atoms with Crippen LogP contribution >= 0.6 is 0 Å². The first kappa shape index (κ1) is 16.6. The van der Waals surface area contributed by atoms with Crippen LogP contribution in [-0.4, -0.2) is 50.1 Å². The molecule has 1 N–H and O–H groups in total. The van der Waals surface area contributed by atoms with Crippen LogP contribution in [0.4, 0.5) is 0 Å². The summed E-state index contributed by atoms with van der Waals surface area (Å²) >= 11 is 0. The van der Waals surface area contributed by atoms with Crippen molar-refractivity contribution in [2.75, 3.05) is 33.4 Å². The standard InChI is InChI=1S/C18H24N2O4/c1-18(2,11-19-17(22)12-8-16(21)20(3)10-12)13-4-5-14-15(9-13)24-7-6-23-14/h4-5,9,12H,6-8,10-11H2,1-3H3,(H,19,22)/t12-/m1/s1. The van der Waals surface area contributed by atoms with E-state index in [-0.39, 0.29) is 23.1 Å². The molecular weight excluding hydrogens is 308 g/mol. The Morgan fingerprint density at radius 2 is 2.00 bits per heavy atom. The van der Waals surface area contributed by atoms with Gasteiger partial charge < -0.3 is 19.7 Å². The van der Waals surface area contributed by atoms with Crippen molar-refractivity contribution in [3.8, 4) is 11.5 Å². The first-order valence-electron chi connectivity index (χ1n) is 8.28. The lowest BCUT2D eigenvalue weighted by atomic mass is 9.84. The maximum atomic E-state index is 12.3. The van der Waals surface area contributed by atoms with Crippen LogP contribution in [0, 0.1) is 5.92 Å². The zero-order chi connectivity index (χ0) is 17.3. The molecule has 2 aliphatic rings. The number of carbonyl (C=O) groups excluding carboxylic acids is 2. The monoisotopic (exact) mass is 332 g/mol. The second kappa shape index (κ2) is 6.34. The van der Waals surface area contributed by atoms with E-state index in [9.17, 15) is 9.59 Å². The van der Waals surface area contributed by atoms with Crippen molar-refractivity contribution in [2.24, 2.45) is 5.92 Å². The number of hydrogen-bond donors (Lipinski definition) is 1. The van der Waals surface area contributed by atoms with Gasteiger partial charge in [-0.15, -0.1) is 0 Å². The smallest absolute Gasteiger partial charge is 0.225 e. The van der Waals surface area contributed by atoms with E-state index < -0.39 is 0 Å². The minimum atomic E-state index is -0.251. The third-order valence-electron chi connectivity index (χ3n) is 4.74. The van der Waals surface area contributed by atoms with E-state index in [1.807, 2.05) is 18.2 Å². The molecule has 24 heavy (non-hydrogen) atoms. The van der Waals surface area contributed by atoms with Crippen LogP contribution in [0.1, 0.15) is 25.8 Å². The van der Waals surface area contributed by atoms with Crippen LogP contribution in [0.5, 0.6) is 11.5 Å². The Balaban J connectivity index is 1.63. The van der Waals surface area contributed by atoms with Gasteiger partial charge in [0, 0.05) is 32.0 Å². The van der Waals surface area contributed by atoms with Crippen molar-refractivity contribution in [3.63, 3.8) is 0 Å². The largest absolute Gasteiger partial charge is 0.486 e. The SMILES string of the molecule is CN1C[C@H](C(=O)NCC(C)(C)c2ccc3c(c2)OCCO3)CC1=O. The Hall–Kier alpha value is -2.24. The highest BCUT2D eigenvalue weighted by Gasteiger charge is 2.33. The average molecular weight is 332 g/mol. The number of nitrogens with zero attached hydrogens (tertiary/aromatic N) is 1. The molecule has 0 bridgehead atoms. The molecule has 6 heteroatoms. The summed E-state index contributed by atoms with van der Waals surface area (Å²) in [6.07, 6.45) is 0.298. The lowest BCUT2D eigenvalue weighted by Gasteiger charge is -2.28. The van der Waals surface area contributed by atoms with Crippen molar-refractivity contribution in [3.05, 3.63) is 23.8 Å². The quantitative estimate of drug-likeness (QED) is 0.903. The Bertz CT molecular complexity index is 656. The molecule has 2 amide bonds. The van der Waals surface area contributed by atoms with Crippen LogP contribution in [0.15, 0.2) is 18.2 Å². The summed E-state index contributed by atoms with van der Waals surface area (Å²) in [5.74, 6) is 1.23. The Morgan fingerprint density at radius 3 is 2.67 bits per heavy atom. The van der Waals surface area contributed by atoms with Crippen LogP contribution < -0.4 is 14.8 Å². The third-order valence-corrected chi connectivity index (χ3v) is 4.74. The van der Waals surface area contributed by atoms with E-state index in [2.05, 4.69) is 19.2 Å². The number of fused-ring (bicyclic) bond motifs is 1. The maximum Gasteiger partial charge on any atom is 0.225 e. The summed E-state index contributed by atoms with van der Waals surface area (Å²) in [4.78, 5) is 25.5. The number of benzene rings is 1. The van der Waals surface area contributed by atoms with Gasteiger partial charge in [-0.25, -0.2) is 0 Å². The van der Waals surface area contributed by atoms with Crippen molar-refractivity contribution in [2.45, 2.75) is 25.7 Å². The van der Waals surface area contributed by atoms with E-state index in [0.29, 0.717) is 32.7 Å². The Kier molecular flexibility index (Phi) is 4.39. The zero-order valence-electron chi connectivity index (χ0n) is 14.4. The first-order valence-corrected chi connectivity index (χ1v) is 8.28. The molecule has 130 valence electrons. The van der Waals surface area contributed by atoms with Crippen molar-refractivity contribution < 1.29 is 19.1 Å². The summed E-state index contributed by atoms with van der Waals surface area (Å²) in [7, 11) is 1.73. The highest BCUT2D eigenvalue weighted by molar-refractivity contribution is 5.89. The molecule has 0 radical (unpaired) electrons. The molecular formula is C18H24N2O4. The number of ether oxygens (including phenoxy) is 2. The molecule has 2 heterocycles. The van der Waals surface area contributed by atoms with Crippen LogP contribution in [0.3, 0.4) is 0 Å². The van der Waals surface area contributed by atoms with Gasteiger partial charge in [0.05, 0.1) is 5.92 Å². The Labute approximate surface area is 142 Å². The van der Waals surface area contributed by atoms with Gasteiger partial charge in [0.15, 0.2) is 11.5 Å². The summed E-state index contributed by atoms with van der Waals surface area (Å²) in [5, 5.41) is 2.99. The van der Waals surface area contributed by atoms with E-state index in [4.69, 9.17) is 9.47 Å². The lowest BCUT2D eigenvalue weighted by molar-refractivity contribution is -0.128. The van der Waals surface area contributed by atoms with Gasteiger partial charge in [0.25, 0.3) is 0 Å². The molecule has 1 fully saturated rings. The molecule has 1 atom stereocenters. The predicted octanol–water partition coefficient (Wildman–Crippen LogP) is 1.33. The minimum Gasteiger partial charge on any atom is -0.486 e. The first-order chi connectivity index (χ1) is 11.4. The van der Waals surface area contributed by atoms with Gasteiger partial charge in [0.2, 0.25) is 11.8 Å². The third kappa shape index (κ3) is 3.32. The molecule has 0 aliphatic carbocycles. The minimum absolute atomic E-state index is 0.0289. The molecule has 0 unspecified atom stereocenters. The molecule has 1 aromatic rings. The number of carbonyl (C=O) groups is 2. The fourth-order valence-corrected chi connectivity index (χ4v) is 3.06. The van der Waals surface area contributed by atoms with E-state index in [0.717, 1.165) is 17.1 Å². The summed E-state index contributed by atoms with van der Waals surface area (Å²) in [6.45, 7) is 6.27. The van der Waals surface area contributed by atoms with Gasteiger partial charge in [-0.3, -0.25) is 9.59 Å². The van der Waals surface area contributed by atoms with Gasteiger partial charge in [-0.1, -0.05) is 19.9 Å². The van der Waals surface area contributed by atoms with E-state index >= 15 is 0 Å². The molecule has 3 rings (SSSR count). The number of likely N-dealkylation sites (tertiary alicyclic amines) is 1. The van der Waals surface area contributed by atoms with Gasteiger partial charge in [-0.05, 0) is 17.7 Å². The highest BCUT2D eigenvalue weighted by atomic mass is 16.6. The maximum absolute atomic E-state index is 12.3.